The van der Waals surface area contributed by atoms with Gasteiger partial charge in [-0.25, -0.2) is 9.97 Å². The second-order valence-corrected chi connectivity index (χ2v) is 7.04. The molecule has 1 aliphatic carbocycles. The zero-order valence-electron chi connectivity index (χ0n) is 10.0. The highest BCUT2D eigenvalue weighted by atomic mass is 127. The van der Waals surface area contributed by atoms with Crippen molar-refractivity contribution in [1.82, 2.24) is 9.97 Å². The van der Waals surface area contributed by atoms with Crippen molar-refractivity contribution in [1.29, 1.82) is 0 Å². The Morgan fingerprint density at radius 1 is 1.31 bits per heavy atom. The highest BCUT2D eigenvalue weighted by molar-refractivity contribution is 14.1. The van der Waals surface area contributed by atoms with Gasteiger partial charge in [-0.2, -0.15) is 0 Å². The van der Waals surface area contributed by atoms with Crippen molar-refractivity contribution >= 4 is 34.2 Å². The van der Waals surface area contributed by atoms with Crippen molar-refractivity contribution in [3.63, 3.8) is 0 Å². The average molecular weight is 351 g/mol. The molecule has 16 heavy (non-hydrogen) atoms. The molecule has 1 fully saturated rings. The zero-order chi connectivity index (χ0) is 12.1. The molecule has 1 aliphatic rings. The molecule has 4 heteroatoms. The summed E-state index contributed by atoms with van der Waals surface area (Å²) in [6.45, 7) is 8.71. The lowest BCUT2D eigenvalue weighted by Crippen LogP contribution is -2.18. The van der Waals surface area contributed by atoms with Crippen LogP contribution < -0.4 is 0 Å². The third-order valence-corrected chi connectivity index (χ3v) is 4.59. The van der Waals surface area contributed by atoms with Gasteiger partial charge in [0.05, 0.1) is 9.26 Å². The zero-order valence-corrected chi connectivity index (χ0v) is 12.9. The molecule has 0 bridgehead atoms. The van der Waals surface area contributed by atoms with Gasteiger partial charge in [-0.3, -0.25) is 0 Å². The van der Waals surface area contributed by atoms with Crippen LogP contribution in [0.3, 0.4) is 0 Å². The van der Waals surface area contributed by atoms with Crippen LogP contribution in [0.25, 0.3) is 0 Å². The van der Waals surface area contributed by atoms with Crippen molar-refractivity contribution in [2.75, 3.05) is 0 Å². The van der Waals surface area contributed by atoms with E-state index in [2.05, 4.69) is 55.3 Å². The van der Waals surface area contributed by atoms with E-state index < -0.39 is 0 Å². The number of rotatable bonds is 1. The van der Waals surface area contributed by atoms with Crippen LogP contribution in [0.15, 0.2) is 0 Å². The summed E-state index contributed by atoms with van der Waals surface area (Å²) in [5.41, 5.74) is 1.10. The van der Waals surface area contributed by atoms with Crippen LogP contribution in [0.2, 0.25) is 5.15 Å². The van der Waals surface area contributed by atoms with Gasteiger partial charge in [0, 0.05) is 11.3 Å². The number of halogens is 2. The first-order valence-corrected chi connectivity index (χ1v) is 6.99. The lowest BCUT2D eigenvalue weighted by atomic mass is 9.92. The Morgan fingerprint density at radius 2 is 1.88 bits per heavy atom. The first-order chi connectivity index (χ1) is 7.30. The van der Waals surface area contributed by atoms with Crippen LogP contribution in [0.5, 0.6) is 0 Å². The monoisotopic (exact) mass is 350 g/mol. The topological polar surface area (TPSA) is 25.8 Å². The fourth-order valence-electron chi connectivity index (χ4n) is 1.78. The van der Waals surface area contributed by atoms with Crippen LogP contribution in [-0.2, 0) is 5.41 Å². The van der Waals surface area contributed by atoms with E-state index in [0.717, 1.165) is 15.1 Å². The summed E-state index contributed by atoms with van der Waals surface area (Å²) in [7, 11) is 0. The van der Waals surface area contributed by atoms with Gasteiger partial charge in [0.25, 0.3) is 0 Å². The van der Waals surface area contributed by atoms with Crippen molar-refractivity contribution in [3.05, 3.63) is 20.2 Å². The minimum atomic E-state index is 0.0238. The fraction of sp³-hybridized carbons (Fsp3) is 0.667. The molecule has 2 unspecified atom stereocenters. The Kier molecular flexibility index (Phi) is 3.21. The normalized spacial score (nSPS) is 24.6. The summed E-state index contributed by atoms with van der Waals surface area (Å²) in [4.78, 5) is 9.12. The molecule has 1 saturated carbocycles. The molecule has 0 amide bonds. The Balaban J connectivity index is 2.48. The molecular formula is C12H16ClIN2. The van der Waals surface area contributed by atoms with E-state index in [1.807, 2.05) is 0 Å². The average Bonchev–Trinajstić information content (AvgIpc) is 2.85. The molecule has 88 valence electrons. The van der Waals surface area contributed by atoms with Gasteiger partial charge in [-0.15, -0.1) is 0 Å². The first kappa shape index (κ1) is 12.6. The molecule has 2 nitrogen and oxygen atoms in total. The van der Waals surface area contributed by atoms with Gasteiger partial charge in [0.2, 0.25) is 0 Å². The van der Waals surface area contributed by atoms with Gasteiger partial charge >= 0.3 is 0 Å². The molecule has 1 aromatic heterocycles. The van der Waals surface area contributed by atoms with Crippen LogP contribution in [0.4, 0.5) is 0 Å². The van der Waals surface area contributed by atoms with Crippen molar-refractivity contribution in [2.45, 2.75) is 45.4 Å². The largest absolute Gasteiger partial charge is 0.236 e. The lowest BCUT2D eigenvalue weighted by Gasteiger charge is -2.20. The van der Waals surface area contributed by atoms with Gasteiger partial charge in [-0.05, 0) is 34.9 Å². The lowest BCUT2D eigenvalue weighted by molar-refractivity contribution is 0.556. The Hall–Kier alpha value is 0.1000. The fourth-order valence-corrected chi connectivity index (χ4v) is 3.01. The van der Waals surface area contributed by atoms with E-state index in [1.165, 1.54) is 6.42 Å². The molecule has 1 aromatic rings. The van der Waals surface area contributed by atoms with Crippen LogP contribution in [0, 0.1) is 9.49 Å². The summed E-state index contributed by atoms with van der Waals surface area (Å²) in [5, 5.41) is 0.606. The quantitative estimate of drug-likeness (QED) is 0.561. The van der Waals surface area contributed by atoms with Crippen molar-refractivity contribution < 1.29 is 0 Å². The molecule has 0 radical (unpaired) electrons. The van der Waals surface area contributed by atoms with Crippen LogP contribution in [0.1, 0.15) is 51.6 Å². The molecule has 0 aliphatic heterocycles. The maximum atomic E-state index is 6.19. The maximum Gasteiger partial charge on any atom is 0.146 e. The second-order valence-electron chi connectivity index (χ2n) is 5.60. The van der Waals surface area contributed by atoms with Crippen molar-refractivity contribution in [3.8, 4) is 0 Å². The molecule has 1 heterocycles. The second kappa shape index (κ2) is 4.09. The predicted molar refractivity (Wildman–Crippen MR) is 75.0 cm³/mol. The van der Waals surface area contributed by atoms with Crippen LogP contribution >= 0.6 is 34.2 Å². The summed E-state index contributed by atoms with van der Waals surface area (Å²) in [6.07, 6.45) is 1.19. The first-order valence-electron chi connectivity index (χ1n) is 5.54. The standard InChI is InChI=1S/C12H16ClIN2/c1-6-5-7(6)11-15-9(12(2,3)4)8(14)10(13)16-11/h6-7H,5H2,1-4H3. The minimum absolute atomic E-state index is 0.0238. The molecule has 2 atom stereocenters. The molecule has 0 saturated heterocycles. The third-order valence-electron chi connectivity index (χ3n) is 2.98. The van der Waals surface area contributed by atoms with E-state index >= 15 is 0 Å². The molecule has 0 aromatic carbocycles. The van der Waals surface area contributed by atoms with E-state index in [-0.39, 0.29) is 5.41 Å². The van der Waals surface area contributed by atoms with E-state index in [9.17, 15) is 0 Å². The Bertz CT molecular complexity index is 426. The SMILES string of the molecule is CC1CC1c1nc(Cl)c(I)c(C(C)(C)C)n1. The summed E-state index contributed by atoms with van der Waals surface area (Å²) in [6, 6.07) is 0. The van der Waals surface area contributed by atoms with E-state index in [1.54, 1.807) is 0 Å². The molecular weight excluding hydrogens is 335 g/mol. The van der Waals surface area contributed by atoms with Crippen LogP contribution in [-0.4, -0.2) is 9.97 Å². The van der Waals surface area contributed by atoms with Gasteiger partial charge in [0.15, 0.2) is 0 Å². The van der Waals surface area contributed by atoms with E-state index in [4.69, 9.17) is 16.6 Å². The number of hydrogen-bond donors (Lipinski definition) is 0. The third kappa shape index (κ3) is 2.35. The highest BCUT2D eigenvalue weighted by Gasteiger charge is 2.38. The molecule has 0 N–H and O–H groups in total. The summed E-state index contributed by atoms with van der Waals surface area (Å²) in [5.74, 6) is 2.17. The minimum Gasteiger partial charge on any atom is -0.236 e. The highest BCUT2D eigenvalue weighted by Crippen LogP contribution is 2.46. The van der Waals surface area contributed by atoms with Gasteiger partial charge in [0.1, 0.15) is 11.0 Å². The maximum absolute atomic E-state index is 6.19. The van der Waals surface area contributed by atoms with Gasteiger partial charge in [-0.1, -0.05) is 39.3 Å². The van der Waals surface area contributed by atoms with Gasteiger partial charge < -0.3 is 0 Å². The smallest absolute Gasteiger partial charge is 0.146 e. The Labute approximate surface area is 115 Å². The number of hydrogen-bond acceptors (Lipinski definition) is 2. The predicted octanol–water partition coefficient (Wildman–Crippen LogP) is 4.16. The Morgan fingerprint density at radius 3 is 2.31 bits per heavy atom. The number of aromatic nitrogens is 2. The summed E-state index contributed by atoms with van der Waals surface area (Å²) < 4.78 is 0.990. The number of nitrogens with zero attached hydrogens (tertiary/aromatic N) is 2. The molecule has 0 spiro atoms. The van der Waals surface area contributed by atoms with Crippen molar-refractivity contribution in [2.24, 2.45) is 5.92 Å². The van der Waals surface area contributed by atoms with E-state index in [0.29, 0.717) is 17.0 Å². The molecule has 2 rings (SSSR count). The summed E-state index contributed by atoms with van der Waals surface area (Å²) >= 11 is 8.42.